The molecule has 1 aliphatic rings. The van der Waals surface area contributed by atoms with Gasteiger partial charge in [0, 0.05) is 51.4 Å². The van der Waals surface area contributed by atoms with Gasteiger partial charge in [-0.25, -0.2) is 4.39 Å². The quantitative estimate of drug-likeness (QED) is 0.749. The number of nitrogens with zero attached hydrogens (tertiary/aromatic N) is 2. The van der Waals surface area contributed by atoms with Crippen molar-refractivity contribution in [3.63, 3.8) is 0 Å². The summed E-state index contributed by atoms with van der Waals surface area (Å²) >= 11 is 0. The number of benzene rings is 1. The molecule has 0 aliphatic carbocycles. The average Bonchev–Trinajstić information content (AvgIpc) is 2.61. The molecule has 0 bridgehead atoms. The Bertz CT molecular complexity index is 952. The molecular formula is C20H24FN3O3. The zero-order valence-electron chi connectivity index (χ0n) is 15.7. The highest BCUT2D eigenvalue weighted by molar-refractivity contribution is 5.72. The molecule has 2 aromatic rings. The van der Waals surface area contributed by atoms with Crippen molar-refractivity contribution in [1.82, 2.24) is 4.57 Å². The van der Waals surface area contributed by atoms with Gasteiger partial charge in [0.1, 0.15) is 11.6 Å². The van der Waals surface area contributed by atoms with Crippen molar-refractivity contribution < 1.29 is 14.6 Å². The van der Waals surface area contributed by atoms with E-state index in [0.29, 0.717) is 17.9 Å². The summed E-state index contributed by atoms with van der Waals surface area (Å²) in [5.74, 6) is 0.280. The fourth-order valence-corrected chi connectivity index (χ4v) is 3.41. The molecule has 3 N–H and O–H groups in total. The number of halogens is 1. The SMILES string of the molecule is Cc1ccc(Nc2cc(=O)n(C)c3c2CC(C(O)CCO)=CN3C)c(F)c1. The number of anilines is 3. The minimum atomic E-state index is -0.785. The van der Waals surface area contributed by atoms with Gasteiger partial charge in [0.05, 0.1) is 17.5 Å². The first-order valence-corrected chi connectivity index (χ1v) is 8.80. The summed E-state index contributed by atoms with van der Waals surface area (Å²) in [5.41, 5.74) is 2.89. The molecule has 0 saturated carbocycles. The van der Waals surface area contributed by atoms with E-state index in [1.165, 1.54) is 16.7 Å². The largest absolute Gasteiger partial charge is 0.396 e. The van der Waals surface area contributed by atoms with Gasteiger partial charge in [-0.15, -0.1) is 0 Å². The van der Waals surface area contributed by atoms with Crippen LogP contribution in [0.4, 0.5) is 21.6 Å². The van der Waals surface area contributed by atoms with Crippen LogP contribution in [0.2, 0.25) is 0 Å². The summed E-state index contributed by atoms with van der Waals surface area (Å²) in [6, 6.07) is 6.30. The molecule has 144 valence electrons. The molecule has 27 heavy (non-hydrogen) atoms. The van der Waals surface area contributed by atoms with Crippen LogP contribution in [-0.2, 0) is 13.5 Å². The van der Waals surface area contributed by atoms with Gasteiger partial charge in [0.25, 0.3) is 5.56 Å². The molecule has 3 rings (SSSR count). The van der Waals surface area contributed by atoms with Crippen molar-refractivity contribution in [2.45, 2.75) is 25.9 Å². The minimum absolute atomic E-state index is 0.123. The van der Waals surface area contributed by atoms with E-state index in [2.05, 4.69) is 5.32 Å². The van der Waals surface area contributed by atoms with E-state index in [9.17, 15) is 14.3 Å². The predicted molar refractivity (Wildman–Crippen MR) is 104 cm³/mol. The number of aliphatic hydroxyl groups is 2. The van der Waals surface area contributed by atoms with Crippen LogP contribution < -0.4 is 15.8 Å². The summed E-state index contributed by atoms with van der Waals surface area (Å²) in [7, 11) is 3.47. The maximum absolute atomic E-state index is 14.3. The van der Waals surface area contributed by atoms with Gasteiger partial charge >= 0.3 is 0 Å². The van der Waals surface area contributed by atoms with Crippen LogP contribution in [0.3, 0.4) is 0 Å². The number of fused-ring (bicyclic) bond motifs is 1. The Morgan fingerprint density at radius 1 is 1.26 bits per heavy atom. The Labute approximate surface area is 157 Å². The number of rotatable bonds is 5. The van der Waals surface area contributed by atoms with E-state index in [1.54, 1.807) is 37.3 Å². The summed E-state index contributed by atoms with van der Waals surface area (Å²) in [4.78, 5) is 14.2. The van der Waals surface area contributed by atoms with Crippen molar-refractivity contribution in [2.75, 3.05) is 23.9 Å². The number of aryl methyl sites for hydroxylation is 1. The summed E-state index contributed by atoms with van der Waals surface area (Å²) in [5, 5.41) is 22.4. The first kappa shape index (κ1) is 19.1. The maximum atomic E-state index is 14.3. The molecule has 6 nitrogen and oxygen atoms in total. The molecule has 1 aromatic heterocycles. The molecule has 0 radical (unpaired) electrons. The second-order valence-electron chi connectivity index (χ2n) is 6.89. The molecular weight excluding hydrogens is 349 g/mol. The summed E-state index contributed by atoms with van der Waals surface area (Å²) in [6.07, 6.45) is 1.62. The van der Waals surface area contributed by atoms with Crippen LogP contribution in [0.1, 0.15) is 17.5 Å². The Balaban J connectivity index is 2.06. The van der Waals surface area contributed by atoms with Gasteiger partial charge in [-0.3, -0.25) is 9.36 Å². The van der Waals surface area contributed by atoms with E-state index in [4.69, 9.17) is 5.11 Å². The van der Waals surface area contributed by atoms with E-state index in [-0.39, 0.29) is 24.3 Å². The molecule has 7 heteroatoms. The van der Waals surface area contributed by atoms with E-state index in [1.807, 2.05) is 6.92 Å². The number of pyridine rings is 1. The van der Waals surface area contributed by atoms with Crippen molar-refractivity contribution in [3.8, 4) is 0 Å². The molecule has 1 aromatic carbocycles. The van der Waals surface area contributed by atoms with Crippen molar-refractivity contribution in [3.05, 3.63) is 63.3 Å². The fraction of sp³-hybridized carbons (Fsp3) is 0.350. The molecule has 0 spiro atoms. The third kappa shape index (κ3) is 3.74. The molecule has 0 fully saturated rings. The average molecular weight is 373 g/mol. The van der Waals surface area contributed by atoms with Crippen LogP contribution in [0.5, 0.6) is 0 Å². The molecule has 1 unspecified atom stereocenters. The van der Waals surface area contributed by atoms with Crippen LogP contribution in [0.25, 0.3) is 0 Å². The first-order chi connectivity index (χ1) is 12.8. The van der Waals surface area contributed by atoms with Gasteiger partial charge in [0.15, 0.2) is 0 Å². The normalized spacial score (nSPS) is 14.6. The topological polar surface area (TPSA) is 77.7 Å². The molecule has 0 amide bonds. The van der Waals surface area contributed by atoms with Gasteiger partial charge in [-0.1, -0.05) is 6.07 Å². The summed E-state index contributed by atoms with van der Waals surface area (Å²) < 4.78 is 15.8. The highest BCUT2D eigenvalue weighted by atomic mass is 19.1. The van der Waals surface area contributed by atoms with Crippen molar-refractivity contribution in [1.29, 1.82) is 0 Å². The lowest BCUT2D eigenvalue weighted by atomic mass is 9.95. The van der Waals surface area contributed by atoms with Gasteiger partial charge in [0.2, 0.25) is 0 Å². The number of nitrogens with one attached hydrogen (secondary N) is 1. The third-order valence-electron chi connectivity index (χ3n) is 4.81. The van der Waals surface area contributed by atoms with Crippen molar-refractivity contribution in [2.24, 2.45) is 7.05 Å². The van der Waals surface area contributed by atoms with Crippen LogP contribution in [0.15, 0.2) is 40.8 Å². The van der Waals surface area contributed by atoms with Gasteiger partial charge in [-0.05, 0) is 30.2 Å². The fourth-order valence-electron chi connectivity index (χ4n) is 3.41. The van der Waals surface area contributed by atoms with Gasteiger partial charge < -0.3 is 20.4 Å². The number of hydrogen-bond donors (Lipinski definition) is 3. The van der Waals surface area contributed by atoms with Gasteiger partial charge in [-0.2, -0.15) is 0 Å². The number of aromatic nitrogens is 1. The monoisotopic (exact) mass is 373 g/mol. The lowest BCUT2D eigenvalue weighted by Crippen LogP contribution is -2.31. The van der Waals surface area contributed by atoms with Crippen LogP contribution >= 0.6 is 0 Å². The van der Waals surface area contributed by atoms with Crippen LogP contribution in [-0.4, -0.2) is 34.5 Å². The molecule has 2 heterocycles. The van der Waals surface area contributed by atoms with E-state index in [0.717, 1.165) is 16.7 Å². The zero-order valence-corrected chi connectivity index (χ0v) is 15.7. The highest BCUT2D eigenvalue weighted by Crippen LogP contribution is 2.35. The Kier molecular flexibility index (Phi) is 5.34. The smallest absolute Gasteiger partial charge is 0.253 e. The number of hydrogen-bond acceptors (Lipinski definition) is 5. The summed E-state index contributed by atoms with van der Waals surface area (Å²) in [6.45, 7) is 1.68. The van der Waals surface area contributed by atoms with Crippen molar-refractivity contribution >= 4 is 17.2 Å². The Hall–Kier alpha value is -2.64. The molecule has 1 atom stereocenters. The standard InChI is InChI=1S/C20H24FN3O3/c1-12-4-5-16(15(21)8-12)22-17-10-19(27)24(3)20-14(17)9-13(11-23(20)2)18(26)6-7-25/h4-5,8,10-11,18,22,25-26H,6-7,9H2,1-3H3. The molecule has 1 aliphatic heterocycles. The Morgan fingerprint density at radius 2 is 2.00 bits per heavy atom. The van der Waals surface area contributed by atoms with E-state index < -0.39 is 11.9 Å². The minimum Gasteiger partial charge on any atom is -0.396 e. The third-order valence-corrected chi connectivity index (χ3v) is 4.81. The Morgan fingerprint density at radius 3 is 2.67 bits per heavy atom. The zero-order chi connectivity index (χ0) is 19.7. The number of aliphatic hydroxyl groups excluding tert-OH is 2. The van der Waals surface area contributed by atoms with Crippen LogP contribution in [0, 0.1) is 12.7 Å². The second-order valence-corrected chi connectivity index (χ2v) is 6.89. The maximum Gasteiger partial charge on any atom is 0.253 e. The predicted octanol–water partition coefficient (Wildman–Crippen LogP) is 2.20. The lowest BCUT2D eigenvalue weighted by molar-refractivity contribution is 0.158. The highest BCUT2D eigenvalue weighted by Gasteiger charge is 2.25. The van der Waals surface area contributed by atoms with E-state index >= 15 is 0 Å². The lowest BCUT2D eigenvalue weighted by Gasteiger charge is -2.31. The second kappa shape index (κ2) is 7.54. The first-order valence-electron chi connectivity index (χ1n) is 8.80. The molecule has 0 saturated heterocycles.